The Bertz CT molecular complexity index is 1910. The first-order valence-electron chi connectivity index (χ1n) is 26.3. The van der Waals surface area contributed by atoms with Gasteiger partial charge >= 0.3 is 0 Å². The van der Waals surface area contributed by atoms with Crippen LogP contribution in [-0.2, 0) is 66.3 Å². The molecule has 0 aromatic carbocycles. The van der Waals surface area contributed by atoms with Crippen LogP contribution in [0, 0.1) is 0 Å². The van der Waals surface area contributed by atoms with Crippen LogP contribution in [0.4, 0.5) is 0 Å². The van der Waals surface area contributed by atoms with Gasteiger partial charge in [-0.1, -0.05) is 0 Å². The van der Waals surface area contributed by atoms with Crippen molar-refractivity contribution in [1.29, 1.82) is 0 Å². The molecule has 0 amide bonds. The maximum atomic E-state index is 11.6. The van der Waals surface area contributed by atoms with E-state index in [9.17, 15) is 107 Å². The van der Waals surface area contributed by atoms with Gasteiger partial charge in [0, 0.05) is 13.1 Å². The van der Waals surface area contributed by atoms with Crippen LogP contribution in [0.2, 0.25) is 0 Å². The van der Waals surface area contributed by atoms with Crippen molar-refractivity contribution in [2.24, 2.45) is 0 Å². The molecule has 0 spiro atoms. The minimum absolute atomic E-state index is 0.109. The van der Waals surface area contributed by atoms with E-state index in [-0.39, 0.29) is 13.1 Å². The van der Waals surface area contributed by atoms with Crippen molar-refractivity contribution >= 4 is 0 Å². The number of ether oxygens (including phenoxy) is 14. The standard InChI is InChI=1S/C45H77NO35/c1-10(53)2-46-3-11-32-18(54)25(61)39(68-11)76-33-12(4-47)70-41(27(63)20(33)56)78-35-14(6-49)72-43(29(65)22(35)58)80-37-16(8-51)74-45(31(67)24(37)60)81-38-17(9-52)73-44(30(66)23(38)59)79-36-15(7-50)71-42(28(64)21(36)57)77-34-13(5-48)69-40(75-32)26(62)19(34)55/h10-67H,2-9H2,1H3/t10-,11+,12+,13+,14+,15+,16+,17+,18+,19+,20+,21+,22+,23+,24+,25+,26+,27+,28+,29+,30+,31+,32+,33+,34+,35+,36+,37+,38+,39+,40+,41+,42+,43+,44+,45+/m0/s1. The monoisotopic (exact) mass is 1190 g/mol. The van der Waals surface area contributed by atoms with Crippen LogP contribution < -0.4 is 5.32 Å². The highest BCUT2D eigenvalue weighted by molar-refractivity contribution is 5.02. The van der Waals surface area contributed by atoms with Crippen molar-refractivity contribution in [3.05, 3.63) is 0 Å². The number of hydrogen-bond acceptors (Lipinski definition) is 36. The predicted molar refractivity (Wildman–Crippen MR) is 246 cm³/mol. The Morgan fingerprint density at radius 1 is 0.259 bits per heavy atom. The summed E-state index contributed by atoms with van der Waals surface area (Å²) < 4.78 is 80.7. The first-order valence-corrected chi connectivity index (χ1v) is 26.3. The van der Waals surface area contributed by atoms with Gasteiger partial charge in [-0.25, -0.2) is 0 Å². The van der Waals surface area contributed by atoms with E-state index >= 15 is 0 Å². The predicted octanol–water partition coefficient (Wildman–Crippen LogP) is -15.3. The molecule has 21 heterocycles. The van der Waals surface area contributed by atoms with Crippen LogP contribution in [-0.4, -0.2) is 381 Å². The molecular weight excluding hydrogens is 1110 g/mol. The molecule has 21 aliphatic heterocycles. The zero-order valence-electron chi connectivity index (χ0n) is 43.0. The molecule has 14 bridgehead atoms. The second-order valence-corrected chi connectivity index (χ2v) is 21.0. The van der Waals surface area contributed by atoms with Crippen LogP contribution in [0.5, 0.6) is 0 Å². The van der Waals surface area contributed by atoms with Gasteiger partial charge in [0.1, 0.15) is 171 Å². The maximum Gasteiger partial charge on any atom is 0.187 e. The molecule has 21 aliphatic rings. The fourth-order valence-electron chi connectivity index (χ4n) is 10.9. The van der Waals surface area contributed by atoms with Gasteiger partial charge in [-0.2, -0.15) is 0 Å². The van der Waals surface area contributed by atoms with E-state index in [2.05, 4.69) is 5.32 Å². The molecule has 0 radical (unpaired) electrons. The molecule has 0 unspecified atom stereocenters. The Morgan fingerprint density at radius 3 is 0.580 bits per heavy atom. The van der Waals surface area contributed by atoms with Crippen molar-refractivity contribution in [3.8, 4) is 0 Å². The molecule has 21 saturated heterocycles. The summed E-state index contributed by atoms with van der Waals surface area (Å²) in [6, 6.07) is 0. The third kappa shape index (κ3) is 13.5. The maximum absolute atomic E-state index is 11.6. The summed E-state index contributed by atoms with van der Waals surface area (Å²) in [6.45, 7) is -5.31. The fraction of sp³-hybridized carbons (Fsp3) is 1.00. The van der Waals surface area contributed by atoms with Crippen molar-refractivity contribution in [2.45, 2.75) is 228 Å². The topological polar surface area (TPSA) is 566 Å². The van der Waals surface area contributed by atoms with Crippen LogP contribution in [0.15, 0.2) is 0 Å². The lowest BCUT2D eigenvalue weighted by Crippen LogP contribution is -2.68. The summed E-state index contributed by atoms with van der Waals surface area (Å²) in [5, 5.41) is 235. The Hall–Kier alpha value is -1.44. The van der Waals surface area contributed by atoms with Gasteiger partial charge in [-0.15, -0.1) is 0 Å². The molecule has 36 atom stereocenters. The number of nitrogens with one attached hydrogen (secondary N) is 1. The lowest BCUT2D eigenvalue weighted by Gasteiger charge is -2.50. The summed E-state index contributed by atoms with van der Waals surface area (Å²) in [5.41, 5.74) is 0. The lowest BCUT2D eigenvalue weighted by atomic mass is 9.95. The average molecular weight is 1190 g/mol. The van der Waals surface area contributed by atoms with Gasteiger partial charge in [0.05, 0.1) is 45.7 Å². The highest BCUT2D eigenvalue weighted by atomic mass is 16.8. The van der Waals surface area contributed by atoms with Gasteiger partial charge < -0.3 is 179 Å². The second kappa shape index (κ2) is 28.2. The van der Waals surface area contributed by atoms with Gasteiger partial charge in [0.2, 0.25) is 0 Å². The molecule has 0 aromatic heterocycles. The normalized spacial score (nSPS) is 53.6. The zero-order valence-corrected chi connectivity index (χ0v) is 43.0. The molecule has 0 aliphatic carbocycles. The third-order valence-electron chi connectivity index (χ3n) is 15.4. The third-order valence-corrected chi connectivity index (χ3v) is 15.4. The highest BCUT2D eigenvalue weighted by Crippen LogP contribution is 2.39. The Balaban J connectivity index is 1.09. The van der Waals surface area contributed by atoms with Gasteiger partial charge in [-0.3, -0.25) is 0 Å². The molecule has 21 rings (SSSR count). The first-order chi connectivity index (χ1) is 38.5. The number of aliphatic hydroxyl groups excluding tert-OH is 21. The van der Waals surface area contributed by atoms with E-state index in [1.165, 1.54) is 6.92 Å². The Morgan fingerprint density at radius 2 is 0.420 bits per heavy atom. The van der Waals surface area contributed by atoms with Crippen LogP contribution in [0.25, 0.3) is 0 Å². The molecule has 81 heavy (non-hydrogen) atoms. The molecule has 36 nitrogen and oxygen atoms in total. The molecule has 0 aromatic rings. The van der Waals surface area contributed by atoms with Gasteiger partial charge in [0.15, 0.2) is 44.0 Å². The molecule has 22 N–H and O–H groups in total. The van der Waals surface area contributed by atoms with Crippen LogP contribution >= 0.6 is 0 Å². The van der Waals surface area contributed by atoms with Crippen molar-refractivity contribution < 1.29 is 174 Å². The zero-order chi connectivity index (χ0) is 59.0. The van der Waals surface area contributed by atoms with E-state index in [1.807, 2.05) is 0 Å². The van der Waals surface area contributed by atoms with E-state index in [0.29, 0.717) is 0 Å². The number of aliphatic hydroxyl groups is 21. The summed E-state index contributed by atoms with van der Waals surface area (Å²) in [4.78, 5) is 0. The molecule has 472 valence electrons. The van der Waals surface area contributed by atoms with Gasteiger partial charge in [-0.05, 0) is 6.92 Å². The fourth-order valence-corrected chi connectivity index (χ4v) is 10.9. The lowest BCUT2D eigenvalue weighted by molar-refractivity contribution is -0.396. The number of rotatable bonds is 10. The van der Waals surface area contributed by atoms with E-state index in [1.54, 1.807) is 0 Å². The van der Waals surface area contributed by atoms with Gasteiger partial charge in [0.25, 0.3) is 0 Å². The van der Waals surface area contributed by atoms with E-state index in [0.717, 1.165) is 0 Å². The summed E-state index contributed by atoms with van der Waals surface area (Å²) in [6.07, 6.45) is -70.7. The van der Waals surface area contributed by atoms with Crippen molar-refractivity contribution in [2.75, 3.05) is 52.7 Å². The molecule has 0 saturated carbocycles. The Labute approximate surface area is 459 Å². The SMILES string of the molecule is C[C@H](O)CNC[C@H]1O[C@@H]2O[C@H]3[C@H](O)[C@@H](O)[C@@H](O[C@H]4[C@H](O)[C@@H](O)[C@@H](O[C@H]5[C@H](O)[C@@H](O)[C@@H](O[C@H]6[C@H](O)[C@@H](O)[C@@H](O[C@H]7[C@H](O)[C@@H](O)[C@@H](O[C@H]8[C@H](O)[C@@H](O)[C@@H](O[C@H]1[C@H](O)[C@H]2O)O[C@@H]8CO)O[C@@H]7CO)O[C@@H]6CO)O[C@@H]5CO)O[C@@H]4CO)O[C@@H]3CO. The summed E-state index contributed by atoms with van der Waals surface area (Å²) >= 11 is 0. The minimum Gasteiger partial charge on any atom is -0.394 e. The van der Waals surface area contributed by atoms with E-state index in [4.69, 9.17) is 66.3 Å². The second-order valence-electron chi connectivity index (χ2n) is 21.0. The van der Waals surface area contributed by atoms with Crippen LogP contribution in [0.1, 0.15) is 6.92 Å². The highest BCUT2D eigenvalue weighted by Gasteiger charge is 2.59. The quantitative estimate of drug-likeness (QED) is 0.0966. The summed E-state index contributed by atoms with van der Waals surface area (Å²) in [7, 11) is 0. The smallest absolute Gasteiger partial charge is 0.187 e. The molecule has 36 heteroatoms. The van der Waals surface area contributed by atoms with E-state index < -0.39 is 261 Å². The van der Waals surface area contributed by atoms with Crippen molar-refractivity contribution in [3.63, 3.8) is 0 Å². The molecule has 21 fully saturated rings. The average Bonchev–Trinajstić information content (AvgIpc) is 3.45. The minimum atomic E-state index is -2.21. The molecular formula is C45H77NO35. The first kappa shape index (κ1) is 65.5. The van der Waals surface area contributed by atoms with Crippen molar-refractivity contribution in [1.82, 2.24) is 5.32 Å². The largest absolute Gasteiger partial charge is 0.394 e. The summed E-state index contributed by atoms with van der Waals surface area (Å²) in [5.74, 6) is 0. The van der Waals surface area contributed by atoms with Crippen LogP contribution in [0.3, 0.4) is 0 Å². The number of hydrogen-bond donors (Lipinski definition) is 22. The Kier molecular flexibility index (Phi) is 22.8.